The van der Waals surface area contributed by atoms with Crippen LogP contribution in [0.5, 0.6) is 0 Å². The summed E-state index contributed by atoms with van der Waals surface area (Å²) in [6, 6.07) is 10.3. The van der Waals surface area contributed by atoms with Crippen LogP contribution in [0.25, 0.3) is 16.6 Å². The summed E-state index contributed by atoms with van der Waals surface area (Å²) < 4.78 is 1.76. The van der Waals surface area contributed by atoms with Crippen molar-refractivity contribution >= 4 is 16.8 Å². The second kappa shape index (κ2) is 7.55. The van der Waals surface area contributed by atoms with Crippen molar-refractivity contribution in [2.75, 3.05) is 26.2 Å². The van der Waals surface area contributed by atoms with E-state index in [9.17, 15) is 4.79 Å². The van der Waals surface area contributed by atoms with Crippen LogP contribution in [0.4, 0.5) is 0 Å². The molecule has 2 saturated heterocycles. The molecule has 7 nitrogen and oxygen atoms in total. The Kier molecular flexibility index (Phi) is 4.75. The zero-order valence-corrected chi connectivity index (χ0v) is 16.8. The molecule has 2 aromatic heterocycles. The summed E-state index contributed by atoms with van der Waals surface area (Å²) >= 11 is 0. The lowest BCUT2D eigenvalue weighted by Crippen LogP contribution is -2.49. The Morgan fingerprint density at radius 3 is 2.79 bits per heavy atom. The molecule has 29 heavy (non-hydrogen) atoms. The fourth-order valence-corrected chi connectivity index (χ4v) is 4.72. The first kappa shape index (κ1) is 18.2. The van der Waals surface area contributed by atoms with Crippen molar-refractivity contribution in [2.24, 2.45) is 0 Å². The lowest BCUT2D eigenvalue weighted by Gasteiger charge is -2.37. The van der Waals surface area contributed by atoms with Gasteiger partial charge in [-0.25, -0.2) is 4.68 Å². The number of carbonyl (C=O) groups is 1. The minimum Gasteiger partial charge on any atom is -0.336 e. The zero-order valence-electron chi connectivity index (χ0n) is 16.8. The van der Waals surface area contributed by atoms with E-state index in [4.69, 9.17) is 0 Å². The van der Waals surface area contributed by atoms with Crippen molar-refractivity contribution in [3.8, 4) is 5.69 Å². The average Bonchev–Trinajstić information content (AvgIpc) is 3.43. The molecule has 150 valence electrons. The summed E-state index contributed by atoms with van der Waals surface area (Å²) in [7, 11) is 0. The smallest absolute Gasteiger partial charge is 0.276 e. The van der Waals surface area contributed by atoms with Gasteiger partial charge in [-0.15, -0.1) is 5.10 Å². The van der Waals surface area contributed by atoms with Gasteiger partial charge in [0.2, 0.25) is 0 Å². The van der Waals surface area contributed by atoms with Gasteiger partial charge in [0.15, 0.2) is 5.69 Å². The maximum atomic E-state index is 13.3. The van der Waals surface area contributed by atoms with Crippen LogP contribution in [0.2, 0.25) is 0 Å². The molecule has 2 fully saturated rings. The van der Waals surface area contributed by atoms with Gasteiger partial charge in [-0.1, -0.05) is 11.3 Å². The van der Waals surface area contributed by atoms with E-state index in [0.29, 0.717) is 11.7 Å². The van der Waals surface area contributed by atoms with Crippen LogP contribution in [0, 0.1) is 6.92 Å². The van der Waals surface area contributed by atoms with Crippen LogP contribution >= 0.6 is 0 Å². The van der Waals surface area contributed by atoms with Crippen molar-refractivity contribution < 1.29 is 4.79 Å². The van der Waals surface area contributed by atoms with Crippen molar-refractivity contribution in [2.45, 2.75) is 38.6 Å². The number of likely N-dealkylation sites (tertiary alicyclic amines) is 2. The summed E-state index contributed by atoms with van der Waals surface area (Å²) in [5.74, 6) is -0.00370. The number of benzene rings is 1. The summed E-state index contributed by atoms with van der Waals surface area (Å²) in [5, 5.41) is 9.61. The first-order valence-corrected chi connectivity index (χ1v) is 10.5. The van der Waals surface area contributed by atoms with E-state index in [1.54, 1.807) is 10.9 Å². The molecular weight excluding hydrogens is 364 g/mol. The van der Waals surface area contributed by atoms with Gasteiger partial charge in [-0.3, -0.25) is 14.7 Å². The van der Waals surface area contributed by atoms with Crippen LogP contribution in [0.15, 0.2) is 36.5 Å². The second-order valence-electron chi connectivity index (χ2n) is 8.07. The third kappa shape index (κ3) is 3.29. The molecular formula is C22H26N6O. The van der Waals surface area contributed by atoms with E-state index in [-0.39, 0.29) is 5.91 Å². The number of pyridine rings is 1. The standard InChI is InChI=1S/C22H26N6O/c1-16-21(22(29)27-14-6-7-17(15-27)26-12-2-3-13-26)24-25-28(16)20-10-4-9-19-18(20)8-5-11-23-19/h4-5,8-11,17H,2-3,6-7,12-15H2,1H3. The maximum absolute atomic E-state index is 13.3. The number of piperidine rings is 1. The van der Waals surface area contributed by atoms with Crippen LogP contribution in [0.1, 0.15) is 41.9 Å². The molecule has 3 aromatic rings. The number of carbonyl (C=O) groups excluding carboxylic acids is 1. The van der Waals surface area contributed by atoms with Gasteiger partial charge in [0.25, 0.3) is 5.91 Å². The maximum Gasteiger partial charge on any atom is 0.276 e. The first-order chi connectivity index (χ1) is 14.2. The quantitative estimate of drug-likeness (QED) is 0.688. The highest BCUT2D eigenvalue weighted by molar-refractivity contribution is 5.94. The molecule has 1 amide bonds. The van der Waals surface area contributed by atoms with Gasteiger partial charge >= 0.3 is 0 Å². The molecule has 0 bridgehead atoms. The molecule has 2 aliphatic heterocycles. The fraction of sp³-hybridized carbons (Fsp3) is 0.455. The van der Waals surface area contributed by atoms with Gasteiger partial charge in [-0.2, -0.15) is 0 Å². The number of amides is 1. The Labute approximate surface area is 170 Å². The van der Waals surface area contributed by atoms with Crippen molar-refractivity contribution in [3.63, 3.8) is 0 Å². The molecule has 0 saturated carbocycles. The van der Waals surface area contributed by atoms with Crippen LogP contribution < -0.4 is 0 Å². The van der Waals surface area contributed by atoms with E-state index in [0.717, 1.165) is 54.9 Å². The fourth-order valence-electron chi connectivity index (χ4n) is 4.72. The van der Waals surface area contributed by atoms with E-state index < -0.39 is 0 Å². The topological polar surface area (TPSA) is 67.2 Å². The Morgan fingerprint density at radius 2 is 1.93 bits per heavy atom. The molecule has 0 aliphatic carbocycles. The van der Waals surface area contributed by atoms with Gasteiger partial charge in [0.05, 0.1) is 16.9 Å². The number of fused-ring (bicyclic) bond motifs is 1. The Hall–Kier alpha value is -2.80. The summed E-state index contributed by atoms with van der Waals surface area (Å²) in [4.78, 5) is 22.2. The van der Waals surface area contributed by atoms with E-state index >= 15 is 0 Å². The van der Waals surface area contributed by atoms with Gasteiger partial charge in [-0.05, 0) is 70.0 Å². The number of aromatic nitrogens is 4. The number of hydrogen-bond acceptors (Lipinski definition) is 5. The van der Waals surface area contributed by atoms with Crippen LogP contribution in [-0.2, 0) is 0 Å². The van der Waals surface area contributed by atoms with Crippen LogP contribution in [0.3, 0.4) is 0 Å². The molecule has 1 atom stereocenters. The van der Waals surface area contributed by atoms with Crippen molar-refractivity contribution in [3.05, 3.63) is 47.9 Å². The third-order valence-corrected chi connectivity index (χ3v) is 6.29. The highest BCUT2D eigenvalue weighted by Gasteiger charge is 2.31. The molecule has 1 unspecified atom stereocenters. The molecule has 1 aromatic carbocycles. The van der Waals surface area contributed by atoms with E-state index in [1.165, 1.54) is 19.3 Å². The third-order valence-electron chi connectivity index (χ3n) is 6.29. The van der Waals surface area contributed by atoms with Crippen molar-refractivity contribution in [1.29, 1.82) is 0 Å². The molecule has 0 N–H and O–H groups in total. The number of nitrogens with zero attached hydrogens (tertiary/aromatic N) is 6. The molecule has 7 heteroatoms. The summed E-state index contributed by atoms with van der Waals surface area (Å²) in [6.45, 7) is 5.84. The van der Waals surface area contributed by atoms with E-state index in [2.05, 4.69) is 20.2 Å². The molecule has 4 heterocycles. The predicted octanol–water partition coefficient (Wildman–Crippen LogP) is 2.82. The lowest BCUT2D eigenvalue weighted by molar-refractivity contribution is 0.0601. The second-order valence-corrected chi connectivity index (χ2v) is 8.07. The number of hydrogen-bond donors (Lipinski definition) is 0. The highest BCUT2D eigenvalue weighted by atomic mass is 16.2. The normalized spacial score (nSPS) is 20.4. The minimum absolute atomic E-state index is 0.00370. The summed E-state index contributed by atoms with van der Waals surface area (Å²) in [5.41, 5.74) is 3.02. The Balaban J connectivity index is 1.42. The van der Waals surface area contributed by atoms with Crippen LogP contribution in [-0.4, -0.2) is 67.9 Å². The highest BCUT2D eigenvalue weighted by Crippen LogP contribution is 2.24. The Morgan fingerprint density at radius 1 is 1.07 bits per heavy atom. The zero-order chi connectivity index (χ0) is 19.8. The first-order valence-electron chi connectivity index (χ1n) is 10.5. The predicted molar refractivity (Wildman–Crippen MR) is 111 cm³/mol. The molecule has 2 aliphatic rings. The Bertz CT molecular complexity index is 1030. The van der Waals surface area contributed by atoms with Crippen molar-refractivity contribution in [1.82, 2.24) is 29.8 Å². The van der Waals surface area contributed by atoms with E-state index in [1.807, 2.05) is 42.2 Å². The minimum atomic E-state index is -0.00370. The average molecular weight is 390 g/mol. The number of rotatable bonds is 3. The molecule has 5 rings (SSSR count). The summed E-state index contributed by atoms with van der Waals surface area (Å²) in [6.07, 6.45) is 6.56. The van der Waals surface area contributed by atoms with Gasteiger partial charge in [0, 0.05) is 30.7 Å². The lowest BCUT2D eigenvalue weighted by atomic mass is 10.0. The molecule has 0 spiro atoms. The SMILES string of the molecule is Cc1c(C(=O)N2CCCC(N3CCCC3)C2)nnn1-c1cccc2ncccc12. The van der Waals surface area contributed by atoms with Gasteiger partial charge < -0.3 is 4.90 Å². The van der Waals surface area contributed by atoms with Gasteiger partial charge in [0.1, 0.15) is 0 Å². The molecule has 0 radical (unpaired) electrons. The largest absolute Gasteiger partial charge is 0.336 e. The monoisotopic (exact) mass is 390 g/mol.